The molecular formula is C33H36O7. The molecule has 210 valence electrons. The van der Waals surface area contributed by atoms with Crippen molar-refractivity contribution in [2.24, 2.45) is 0 Å². The van der Waals surface area contributed by atoms with E-state index in [2.05, 4.69) is 0 Å². The highest BCUT2D eigenvalue weighted by molar-refractivity contribution is 5.82. The third-order valence-corrected chi connectivity index (χ3v) is 6.02. The van der Waals surface area contributed by atoms with Crippen molar-refractivity contribution >= 4 is 22.9 Å². The molecule has 4 aromatic rings. The second-order valence-electron chi connectivity index (χ2n) is 10.6. The zero-order chi connectivity index (χ0) is 28.7. The largest absolute Gasteiger partial charge is 0.489 e. The molecule has 7 heteroatoms. The fraction of sp³-hybridized carbons (Fsp3) is 0.333. The molecule has 7 nitrogen and oxygen atoms in total. The van der Waals surface area contributed by atoms with E-state index in [1.54, 1.807) is 6.92 Å². The number of hydrogen-bond donors (Lipinski definition) is 0. The smallest absolute Gasteiger partial charge is 0.310 e. The average Bonchev–Trinajstić information content (AvgIpc) is 3.30. The van der Waals surface area contributed by atoms with Crippen molar-refractivity contribution in [2.45, 2.75) is 66.3 Å². The summed E-state index contributed by atoms with van der Waals surface area (Å²) < 4.78 is 28.8. The predicted octanol–water partition coefficient (Wildman–Crippen LogP) is 6.89. The number of carbonyl (C=O) groups excluding carboxylic acids is 2. The Balaban J connectivity index is 1.43. The fourth-order valence-corrected chi connectivity index (χ4v) is 4.41. The highest BCUT2D eigenvalue weighted by Gasteiger charge is 2.18. The Hall–Kier alpha value is -4.26. The molecule has 0 aliphatic rings. The van der Waals surface area contributed by atoms with Gasteiger partial charge in [0.1, 0.15) is 41.7 Å². The van der Waals surface area contributed by atoms with Crippen molar-refractivity contribution in [3.63, 3.8) is 0 Å². The average molecular weight is 545 g/mol. The van der Waals surface area contributed by atoms with Crippen molar-refractivity contribution in [1.29, 1.82) is 0 Å². The Labute approximate surface area is 235 Å². The van der Waals surface area contributed by atoms with Crippen LogP contribution in [0.25, 0.3) is 11.0 Å². The van der Waals surface area contributed by atoms with Crippen LogP contribution in [0.4, 0.5) is 0 Å². The Bertz CT molecular complexity index is 1480. The predicted molar refractivity (Wildman–Crippen MR) is 152 cm³/mol. The van der Waals surface area contributed by atoms with E-state index in [0.29, 0.717) is 30.5 Å². The molecule has 0 amide bonds. The van der Waals surface area contributed by atoms with Crippen LogP contribution in [0.5, 0.6) is 11.5 Å². The van der Waals surface area contributed by atoms with E-state index >= 15 is 0 Å². The van der Waals surface area contributed by atoms with E-state index in [1.165, 1.54) is 0 Å². The summed E-state index contributed by atoms with van der Waals surface area (Å²) in [6.07, 6.45) is 0.285. The Morgan fingerprint density at radius 2 is 1.40 bits per heavy atom. The number of fused-ring (bicyclic) bond motifs is 1. The minimum absolute atomic E-state index is 0.124. The molecule has 1 heterocycles. The van der Waals surface area contributed by atoms with Crippen LogP contribution in [0, 0.1) is 6.92 Å². The van der Waals surface area contributed by atoms with Crippen molar-refractivity contribution in [3.05, 3.63) is 94.7 Å². The van der Waals surface area contributed by atoms with Gasteiger partial charge in [-0.05, 0) is 76.1 Å². The van der Waals surface area contributed by atoms with Crippen LogP contribution in [0.15, 0.2) is 71.1 Å². The molecule has 0 N–H and O–H groups in total. The molecule has 0 bridgehead atoms. The summed E-state index contributed by atoms with van der Waals surface area (Å²) in [5.41, 5.74) is 3.74. The Morgan fingerprint density at radius 3 is 2.02 bits per heavy atom. The van der Waals surface area contributed by atoms with E-state index in [1.807, 2.05) is 94.4 Å². The van der Waals surface area contributed by atoms with Crippen molar-refractivity contribution in [2.75, 3.05) is 6.61 Å². The van der Waals surface area contributed by atoms with Gasteiger partial charge in [0, 0.05) is 16.5 Å². The van der Waals surface area contributed by atoms with Crippen LogP contribution in [0.1, 0.15) is 55.7 Å². The van der Waals surface area contributed by atoms with Crippen LogP contribution >= 0.6 is 0 Å². The first kappa shape index (κ1) is 28.7. The molecule has 4 rings (SSSR count). The molecule has 0 aliphatic heterocycles. The lowest BCUT2D eigenvalue weighted by molar-refractivity contribution is -0.154. The first-order chi connectivity index (χ1) is 19.1. The molecule has 0 fully saturated rings. The third-order valence-electron chi connectivity index (χ3n) is 6.02. The number of hydrogen-bond acceptors (Lipinski definition) is 7. The summed E-state index contributed by atoms with van der Waals surface area (Å²) in [6.45, 7) is 10.2. The fourth-order valence-electron chi connectivity index (χ4n) is 4.41. The van der Waals surface area contributed by atoms with Gasteiger partial charge in [0.2, 0.25) is 0 Å². The standard InChI is InChI=1S/C33H36O7/c1-6-36-30(34)18-24-11-7-9-13-28(24)37-20-23-15-22(2)32-26(16-23)17-27(39-32)21-38-29-14-10-8-12-25(29)19-31(35)40-33(3,4)5/h7-17H,6,18-21H2,1-5H3. The first-order valence-corrected chi connectivity index (χ1v) is 13.4. The van der Waals surface area contributed by atoms with E-state index in [9.17, 15) is 9.59 Å². The lowest BCUT2D eigenvalue weighted by atomic mass is 10.1. The second-order valence-corrected chi connectivity index (χ2v) is 10.6. The molecule has 3 aromatic carbocycles. The maximum absolute atomic E-state index is 12.4. The van der Waals surface area contributed by atoms with Gasteiger partial charge >= 0.3 is 11.9 Å². The van der Waals surface area contributed by atoms with Gasteiger partial charge in [-0.1, -0.05) is 36.4 Å². The number of para-hydroxylation sites is 2. The minimum Gasteiger partial charge on any atom is -0.489 e. The molecular weight excluding hydrogens is 508 g/mol. The summed E-state index contributed by atoms with van der Waals surface area (Å²) >= 11 is 0. The molecule has 0 saturated heterocycles. The van der Waals surface area contributed by atoms with Crippen LogP contribution in [0.2, 0.25) is 0 Å². The normalized spacial score (nSPS) is 11.3. The van der Waals surface area contributed by atoms with E-state index < -0.39 is 5.60 Å². The lowest BCUT2D eigenvalue weighted by Gasteiger charge is -2.20. The highest BCUT2D eigenvalue weighted by atomic mass is 16.6. The molecule has 1 aromatic heterocycles. The maximum Gasteiger partial charge on any atom is 0.310 e. The van der Waals surface area contributed by atoms with Gasteiger partial charge < -0.3 is 23.4 Å². The molecule has 0 aliphatic carbocycles. The number of benzene rings is 3. The summed E-state index contributed by atoms with van der Waals surface area (Å²) in [6, 6.07) is 20.9. The van der Waals surface area contributed by atoms with Gasteiger partial charge in [-0.25, -0.2) is 0 Å². The summed E-state index contributed by atoms with van der Waals surface area (Å²) in [7, 11) is 0. The maximum atomic E-state index is 12.4. The Kier molecular flexibility index (Phi) is 9.15. The molecule has 0 spiro atoms. The van der Waals surface area contributed by atoms with Gasteiger partial charge in [0.05, 0.1) is 19.4 Å². The first-order valence-electron chi connectivity index (χ1n) is 13.4. The van der Waals surface area contributed by atoms with Gasteiger partial charge in [0.15, 0.2) is 0 Å². The Morgan fingerprint density at radius 1 is 0.800 bits per heavy atom. The summed E-state index contributed by atoms with van der Waals surface area (Å²) in [5.74, 6) is 1.35. The van der Waals surface area contributed by atoms with Gasteiger partial charge in [-0.2, -0.15) is 0 Å². The number of ether oxygens (including phenoxy) is 4. The van der Waals surface area contributed by atoms with E-state index in [-0.39, 0.29) is 31.4 Å². The van der Waals surface area contributed by atoms with Crippen LogP contribution in [0.3, 0.4) is 0 Å². The van der Waals surface area contributed by atoms with E-state index in [4.69, 9.17) is 23.4 Å². The van der Waals surface area contributed by atoms with Crippen LogP contribution < -0.4 is 9.47 Å². The zero-order valence-electron chi connectivity index (χ0n) is 23.7. The number of rotatable bonds is 11. The monoisotopic (exact) mass is 544 g/mol. The number of furan rings is 1. The number of esters is 2. The number of carbonyl (C=O) groups is 2. The minimum atomic E-state index is -0.547. The third kappa shape index (κ3) is 7.88. The SMILES string of the molecule is CCOC(=O)Cc1ccccc1OCc1cc(C)c2oc(COc3ccccc3CC(=O)OC(C)(C)C)cc2c1. The topological polar surface area (TPSA) is 84.2 Å². The van der Waals surface area contributed by atoms with Crippen molar-refractivity contribution in [1.82, 2.24) is 0 Å². The number of aryl methyl sites for hydroxylation is 1. The summed E-state index contributed by atoms with van der Waals surface area (Å²) in [5, 5.41) is 0.944. The molecule has 0 unspecified atom stereocenters. The van der Waals surface area contributed by atoms with Crippen molar-refractivity contribution in [3.8, 4) is 11.5 Å². The lowest BCUT2D eigenvalue weighted by Crippen LogP contribution is -2.25. The zero-order valence-corrected chi connectivity index (χ0v) is 23.7. The quantitative estimate of drug-likeness (QED) is 0.190. The van der Waals surface area contributed by atoms with E-state index in [0.717, 1.165) is 33.2 Å². The van der Waals surface area contributed by atoms with Gasteiger partial charge in [-0.3, -0.25) is 9.59 Å². The van der Waals surface area contributed by atoms with Crippen LogP contribution in [-0.4, -0.2) is 24.1 Å². The molecule has 40 heavy (non-hydrogen) atoms. The van der Waals surface area contributed by atoms with Crippen LogP contribution in [-0.2, 0) is 45.1 Å². The van der Waals surface area contributed by atoms with Crippen molar-refractivity contribution < 1.29 is 33.0 Å². The molecule has 0 saturated carbocycles. The van der Waals surface area contributed by atoms with Gasteiger partial charge in [-0.15, -0.1) is 0 Å². The second kappa shape index (κ2) is 12.7. The molecule has 0 radical (unpaired) electrons. The molecule has 0 atom stereocenters. The highest BCUT2D eigenvalue weighted by Crippen LogP contribution is 2.28. The van der Waals surface area contributed by atoms with Gasteiger partial charge in [0.25, 0.3) is 0 Å². The summed E-state index contributed by atoms with van der Waals surface area (Å²) in [4.78, 5) is 24.3.